The molecule has 0 unspecified atom stereocenters. The van der Waals surface area contributed by atoms with Gasteiger partial charge in [-0.3, -0.25) is 4.99 Å². The Morgan fingerprint density at radius 2 is 1.75 bits per heavy atom. The first-order valence-corrected chi connectivity index (χ1v) is 10.3. The van der Waals surface area contributed by atoms with Gasteiger partial charge in [0.1, 0.15) is 0 Å². The van der Waals surface area contributed by atoms with Gasteiger partial charge in [-0.25, -0.2) is 0 Å². The number of nitrogens with zero attached hydrogens (tertiary/aromatic N) is 1. The quantitative estimate of drug-likeness (QED) is 0.691. The van der Waals surface area contributed by atoms with Crippen molar-refractivity contribution in [1.29, 1.82) is 0 Å². The molecule has 0 atom stereocenters. The van der Waals surface area contributed by atoms with Crippen LogP contribution in [0.15, 0.2) is 22.5 Å². The number of hydrogen-bond donors (Lipinski definition) is 1. The highest BCUT2D eigenvalue weighted by Gasteiger charge is 2.50. The van der Waals surface area contributed by atoms with Crippen LogP contribution in [-0.4, -0.2) is 16.7 Å². The Morgan fingerprint density at radius 1 is 1.08 bits per heavy atom. The lowest BCUT2D eigenvalue weighted by atomic mass is 9.53. The van der Waals surface area contributed by atoms with Crippen molar-refractivity contribution in [2.45, 2.75) is 57.9 Å². The lowest BCUT2D eigenvalue weighted by Crippen LogP contribution is -2.49. The number of aliphatic imine (C=N–C) groups is 1. The number of hydrogen-bond acceptors (Lipinski definition) is 2. The summed E-state index contributed by atoms with van der Waals surface area (Å²) in [6.45, 7) is 4.45. The Kier molecular flexibility index (Phi) is 3.31. The zero-order chi connectivity index (χ0) is 16.3. The minimum Gasteiger partial charge on any atom is -0.353 e. The lowest BCUT2D eigenvalue weighted by Gasteiger charge is -2.54. The normalized spacial score (nSPS) is 34.5. The van der Waals surface area contributed by atoms with Crippen LogP contribution in [0, 0.1) is 31.6 Å². The fourth-order valence-corrected chi connectivity index (χ4v) is 6.72. The van der Waals surface area contributed by atoms with E-state index in [1.165, 1.54) is 65.9 Å². The van der Waals surface area contributed by atoms with Gasteiger partial charge in [0.15, 0.2) is 0 Å². The van der Waals surface area contributed by atoms with Gasteiger partial charge in [-0.05, 0) is 92.7 Å². The molecule has 0 aliphatic heterocycles. The van der Waals surface area contributed by atoms with Crippen LogP contribution in [0.4, 0.5) is 0 Å². The van der Waals surface area contributed by atoms with Gasteiger partial charge in [0, 0.05) is 6.21 Å². The second-order valence-corrected chi connectivity index (χ2v) is 9.49. The highest BCUT2D eigenvalue weighted by molar-refractivity contribution is 7.13. The Balaban J connectivity index is 1.46. The van der Waals surface area contributed by atoms with Crippen LogP contribution < -0.4 is 0 Å². The Bertz CT molecular complexity index is 746. The SMILES string of the molecule is Cc1c(C=NC23CC4CC(CC(C4)C2)C3)[nH]c(-c2cccs2)c1C. The molecule has 0 saturated heterocycles. The van der Waals surface area contributed by atoms with Gasteiger partial charge in [0.2, 0.25) is 0 Å². The summed E-state index contributed by atoms with van der Waals surface area (Å²) in [7, 11) is 0. The molecule has 4 fully saturated rings. The van der Waals surface area contributed by atoms with Gasteiger partial charge in [-0.15, -0.1) is 11.3 Å². The molecule has 4 bridgehead atoms. The van der Waals surface area contributed by atoms with E-state index >= 15 is 0 Å². The van der Waals surface area contributed by atoms with Crippen LogP contribution >= 0.6 is 11.3 Å². The first kappa shape index (κ1) is 14.9. The molecule has 2 aromatic heterocycles. The first-order valence-electron chi connectivity index (χ1n) is 9.40. The molecule has 2 nitrogen and oxygen atoms in total. The third-order valence-electron chi connectivity index (χ3n) is 6.84. The van der Waals surface area contributed by atoms with Crippen LogP contribution in [0.5, 0.6) is 0 Å². The number of H-pyrrole nitrogens is 1. The van der Waals surface area contributed by atoms with Crippen molar-refractivity contribution in [3.8, 4) is 10.6 Å². The van der Waals surface area contributed by atoms with Gasteiger partial charge in [-0.2, -0.15) is 0 Å². The fraction of sp³-hybridized carbons (Fsp3) is 0.571. The van der Waals surface area contributed by atoms with Gasteiger partial charge >= 0.3 is 0 Å². The summed E-state index contributed by atoms with van der Waals surface area (Å²) in [4.78, 5) is 10.2. The van der Waals surface area contributed by atoms with Crippen molar-refractivity contribution >= 4 is 17.6 Å². The molecule has 4 aliphatic carbocycles. The average molecular weight is 339 g/mol. The topological polar surface area (TPSA) is 28.1 Å². The molecule has 2 aromatic rings. The average Bonchev–Trinajstić information content (AvgIpc) is 3.15. The summed E-state index contributed by atoms with van der Waals surface area (Å²) in [6.07, 6.45) is 10.6. The molecule has 6 rings (SSSR count). The molecule has 126 valence electrons. The smallest absolute Gasteiger partial charge is 0.0617 e. The van der Waals surface area contributed by atoms with Crippen LogP contribution in [0.25, 0.3) is 10.6 Å². The summed E-state index contributed by atoms with van der Waals surface area (Å²) in [5.41, 5.74) is 5.47. The molecular formula is C21H26N2S. The van der Waals surface area contributed by atoms with Crippen molar-refractivity contribution in [3.05, 3.63) is 34.3 Å². The predicted molar refractivity (Wildman–Crippen MR) is 102 cm³/mol. The molecule has 0 radical (unpaired) electrons. The third kappa shape index (κ3) is 2.32. The summed E-state index contributed by atoms with van der Waals surface area (Å²) in [5.74, 6) is 2.88. The summed E-state index contributed by atoms with van der Waals surface area (Å²) >= 11 is 1.80. The van der Waals surface area contributed by atoms with E-state index < -0.39 is 0 Å². The van der Waals surface area contributed by atoms with Crippen LogP contribution in [0.1, 0.15) is 55.3 Å². The molecule has 4 aliphatic rings. The maximum Gasteiger partial charge on any atom is 0.0617 e. The molecule has 2 heterocycles. The van der Waals surface area contributed by atoms with Gasteiger partial charge < -0.3 is 4.98 Å². The summed E-state index contributed by atoms with van der Waals surface area (Å²) in [5, 5.41) is 2.15. The number of aromatic amines is 1. The van der Waals surface area contributed by atoms with Crippen molar-refractivity contribution in [3.63, 3.8) is 0 Å². The second-order valence-electron chi connectivity index (χ2n) is 8.54. The number of rotatable bonds is 3. The van der Waals surface area contributed by atoms with Crippen molar-refractivity contribution < 1.29 is 0 Å². The highest BCUT2D eigenvalue weighted by atomic mass is 32.1. The summed E-state index contributed by atoms with van der Waals surface area (Å²) < 4.78 is 0. The molecule has 0 spiro atoms. The second kappa shape index (κ2) is 5.32. The van der Waals surface area contributed by atoms with Crippen LogP contribution in [0.2, 0.25) is 0 Å². The largest absolute Gasteiger partial charge is 0.353 e. The van der Waals surface area contributed by atoms with Gasteiger partial charge in [0.25, 0.3) is 0 Å². The highest BCUT2D eigenvalue weighted by Crippen LogP contribution is 2.57. The van der Waals surface area contributed by atoms with Crippen LogP contribution in [-0.2, 0) is 0 Å². The van der Waals surface area contributed by atoms with E-state index in [-0.39, 0.29) is 5.54 Å². The zero-order valence-corrected chi connectivity index (χ0v) is 15.5. The fourth-order valence-electron chi connectivity index (χ4n) is 5.93. The van der Waals surface area contributed by atoms with E-state index in [4.69, 9.17) is 4.99 Å². The minimum absolute atomic E-state index is 0.267. The van der Waals surface area contributed by atoms with Crippen molar-refractivity contribution in [2.75, 3.05) is 0 Å². The number of thiophene rings is 1. The first-order chi connectivity index (χ1) is 11.6. The van der Waals surface area contributed by atoms with Gasteiger partial charge in [-0.1, -0.05) is 6.07 Å². The van der Waals surface area contributed by atoms with E-state index in [0.29, 0.717) is 0 Å². The van der Waals surface area contributed by atoms with E-state index in [9.17, 15) is 0 Å². The van der Waals surface area contributed by atoms with E-state index in [1.54, 1.807) is 11.3 Å². The Labute approximate surface area is 148 Å². The minimum atomic E-state index is 0.267. The maximum atomic E-state index is 5.23. The van der Waals surface area contributed by atoms with Crippen LogP contribution in [0.3, 0.4) is 0 Å². The van der Waals surface area contributed by atoms with E-state index in [2.05, 4.69) is 42.6 Å². The standard InChI is InChI=1S/C21H26N2S/c1-13-14(2)20(19-4-3-5-24-19)23-18(13)12-22-21-9-15-6-16(10-21)8-17(7-15)11-21/h3-5,12,15-17,23H,6-11H2,1-2H3. The lowest BCUT2D eigenvalue weighted by molar-refractivity contribution is 0.00194. The van der Waals surface area contributed by atoms with Crippen molar-refractivity contribution in [2.24, 2.45) is 22.7 Å². The maximum absolute atomic E-state index is 5.23. The van der Waals surface area contributed by atoms with Crippen molar-refractivity contribution in [1.82, 2.24) is 4.98 Å². The zero-order valence-electron chi connectivity index (χ0n) is 14.6. The number of aromatic nitrogens is 1. The molecular weight excluding hydrogens is 312 g/mol. The molecule has 0 amide bonds. The number of nitrogens with one attached hydrogen (secondary N) is 1. The monoisotopic (exact) mass is 338 g/mol. The molecule has 3 heteroatoms. The predicted octanol–water partition coefficient (Wildman–Crippen LogP) is 5.75. The third-order valence-corrected chi connectivity index (χ3v) is 7.73. The van der Waals surface area contributed by atoms with E-state index in [1.807, 2.05) is 0 Å². The molecule has 24 heavy (non-hydrogen) atoms. The summed E-state index contributed by atoms with van der Waals surface area (Å²) in [6, 6.07) is 4.32. The Morgan fingerprint density at radius 3 is 2.33 bits per heavy atom. The Hall–Kier alpha value is -1.35. The van der Waals surface area contributed by atoms with E-state index in [0.717, 1.165) is 17.8 Å². The molecule has 0 aromatic carbocycles. The molecule has 4 saturated carbocycles. The molecule has 1 N–H and O–H groups in total. The van der Waals surface area contributed by atoms with Gasteiger partial charge in [0.05, 0.1) is 21.8 Å².